The molecule has 0 radical (unpaired) electrons. The van der Waals surface area contributed by atoms with Gasteiger partial charge >= 0.3 is 0 Å². The minimum atomic E-state index is 0.292. The molecule has 1 N–H and O–H groups in total. The first kappa shape index (κ1) is 16.5. The minimum absolute atomic E-state index is 0.292. The van der Waals surface area contributed by atoms with Crippen LogP contribution in [-0.4, -0.2) is 33.0 Å². The molecule has 3 heteroatoms. The second-order valence-electron chi connectivity index (χ2n) is 5.80. The minimum Gasteiger partial charge on any atom is -0.381 e. The number of aryl methyl sites for hydroxylation is 1. The first-order valence-corrected chi connectivity index (χ1v) is 8.31. The zero-order valence-electron chi connectivity index (χ0n) is 13.4. The molecular weight excluding hydrogens is 262 g/mol. The van der Waals surface area contributed by atoms with E-state index in [0.717, 1.165) is 52.2 Å². The number of likely N-dealkylation sites (N-methyl/N-ethyl adjacent to an activating group) is 1. The van der Waals surface area contributed by atoms with E-state index < -0.39 is 0 Å². The van der Waals surface area contributed by atoms with E-state index in [-0.39, 0.29) is 0 Å². The molecule has 0 amide bonds. The molecule has 1 heterocycles. The Labute approximate surface area is 129 Å². The van der Waals surface area contributed by atoms with Gasteiger partial charge < -0.3 is 14.8 Å². The van der Waals surface area contributed by atoms with Gasteiger partial charge in [-0.25, -0.2) is 0 Å². The maximum atomic E-state index is 5.98. The highest BCUT2D eigenvalue weighted by atomic mass is 16.5. The lowest BCUT2D eigenvalue weighted by molar-refractivity contribution is 0.0152. The van der Waals surface area contributed by atoms with Gasteiger partial charge in [0.15, 0.2) is 0 Å². The Morgan fingerprint density at radius 2 is 1.90 bits per heavy atom. The standard InChI is InChI=1S/C18H29NO2/c1-3-15-5-7-17(8-6-15)18(19-4-2)14-21-13-16-9-11-20-12-10-16/h5-8,16,18-19H,3-4,9-14H2,1-2H3. The molecule has 0 aliphatic carbocycles. The highest BCUT2D eigenvalue weighted by molar-refractivity contribution is 5.25. The summed E-state index contributed by atoms with van der Waals surface area (Å²) in [6.45, 7) is 8.68. The van der Waals surface area contributed by atoms with Crippen molar-refractivity contribution in [2.45, 2.75) is 39.2 Å². The molecule has 118 valence electrons. The van der Waals surface area contributed by atoms with Crippen LogP contribution in [0.3, 0.4) is 0 Å². The maximum absolute atomic E-state index is 5.98. The largest absolute Gasteiger partial charge is 0.381 e. The molecule has 0 spiro atoms. The fourth-order valence-electron chi connectivity index (χ4n) is 2.77. The summed E-state index contributed by atoms with van der Waals surface area (Å²) < 4.78 is 11.4. The predicted molar refractivity (Wildman–Crippen MR) is 86.6 cm³/mol. The SMILES string of the molecule is CCNC(COCC1CCOCC1)c1ccc(CC)cc1. The summed E-state index contributed by atoms with van der Waals surface area (Å²) in [4.78, 5) is 0. The lowest BCUT2D eigenvalue weighted by atomic mass is 10.0. The van der Waals surface area contributed by atoms with Crippen LogP contribution in [0.1, 0.15) is 43.9 Å². The normalized spacial score (nSPS) is 17.8. The highest BCUT2D eigenvalue weighted by Crippen LogP contribution is 2.18. The van der Waals surface area contributed by atoms with Gasteiger partial charge in [0.25, 0.3) is 0 Å². The molecule has 1 aliphatic rings. The molecule has 0 aromatic heterocycles. The van der Waals surface area contributed by atoms with Crippen LogP contribution in [0.4, 0.5) is 0 Å². The van der Waals surface area contributed by atoms with Crippen LogP contribution in [-0.2, 0) is 15.9 Å². The van der Waals surface area contributed by atoms with Crippen LogP contribution in [0, 0.1) is 5.92 Å². The third-order valence-corrected chi connectivity index (χ3v) is 4.22. The fourth-order valence-corrected chi connectivity index (χ4v) is 2.77. The Bertz CT molecular complexity index is 385. The molecule has 3 nitrogen and oxygen atoms in total. The summed E-state index contributed by atoms with van der Waals surface area (Å²) in [7, 11) is 0. The molecule has 21 heavy (non-hydrogen) atoms. The van der Waals surface area contributed by atoms with Gasteiger partial charge in [-0.1, -0.05) is 38.1 Å². The number of hydrogen-bond donors (Lipinski definition) is 1. The molecular formula is C18H29NO2. The second-order valence-corrected chi connectivity index (χ2v) is 5.80. The lowest BCUT2D eigenvalue weighted by Crippen LogP contribution is -2.27. The zero-order valence-corrected chi connectivity index (χ0v) is 13.4. The topological polar surface area (TPSA) is 30.5 Å². The number of nitrogens with one attached hydrogen (secondary N) is 1. The van der Waals surface area contributed by atoms with E-state index in [4.69, 9.17) is 9.47 Å². The van der Waals surface area contributed by atoms with Crippen LogP contribution in [0.2, 0.25) is 0 Å². The van der Waals surface area contributed by atoms with Crippen molar-refractivity contribution in [3.05, 3.63) is 35.4 Å². The fraction of sp³-hybridized carbons (Fsp3) is 0.667. The number of benzene rings is 1. The van der Waals surface area contributed by atoms with Crippen molar-refractivity contribution in [1.82, 2.24) is 5.32 Å². The van der Waals surface area contributed by atoms with Gasteiger partial charge in [-0.3, -0.25) is 0 Å². The van der Waals surface area contributed by atoms with Crippen molar-refractivity contribution in [2.24, 2.45) is 5.92 Å². The van der Waals surface area contributed by atoms with Gasteiger partial charge in [0.2, 0.25) is 0 Å². The summed E-state index contributed by atoms with van der Waals surface area (Å²) in [5.74, 6) is 0.670. The Kier molecular flexibility index (Phi) is 7.20. The monoisotopic (exact) mass is 291 g/mol. The van der Waals surface area contributed by atoms with Crippen molar-refractivity contribution in [3.8, 4) is 0 Å². The molecule has 0 bridgehead atoms. The summed E-state index contributed by atoms with van der Waals surface area (Å²) >= 11 is 0. The summed E-state index contributed by atoms with van der Waals surface area (Å²) in [5.41, 5.74) is 2.71. The third kappa shape index (κ3) is 5.42. The molecule has 1 aliphatic heterocycles. The van der Waals surface area contributed by atoms with Gasteiger partial charge in [0.1, 0.15) is 0 Å². The zero-order chi connectivity index (χ0) is 14.9. The highest BCUT2D eigenvalue weighted by Gasteiger charge is 2.16. The smallest absolute Gasteiger partial charge is 0.0661 e. The van der Waals surface area contributed by atoms with Gasteiger partial charge in [-0.2, -0.15) is 0 Å². The van der Waals surface area contributed by atoms with Crippen LogP contribution >= 0.6 is 0 Å². The Balaban J connectivity index is 1.82. The van der Waals surface area contributed by atoms with E-state index in [0.29, 0.717) is 12.0 Å². The predicted octanol–water partition coefficient (Wildman–Crippen LogP) is 3.34. The molecule has 1 aromatic carbocycles. The van der Waals surface area contributed by atoms with Crippen LogP contribution in [0.15, 0.2) is 24.3 Å². The molecule has 0 saturated carbocycles. The molecule has 2 rings (SSSR count). The van der Waals surface area contributed by atoms with E-state index in [1.54, 1.807) is 0 Å². The molecule has 1 unspecified atom stereocenters. The van der Waals surface area contributed by atoms with Crippen molar-refractivity contribution in [2.75, 3.05) is 33.0 Å². The van der Waals surface area contributed by atoms with Gasteiger partial charge in [0, 0.05) is 19.8 Å². The summed E-state index contributed by atoms with van der Waals surface area (Å²) in [6, 6.07) is 9.19. The molecule has 1 saturated heterocycles. The molecule has 1 aromatic rings. The first-order chi connectivity index (χ1) is 10.3. The number of hydrogen-bond acceptors (Lipinski definition) is 3. The Morgan fingerprint density at radius 1 is 1.19 bits per heavy atom. The van der Waals surface area contributed by atoms with Crippen molar-refractivity contribution in [3.63, 3.8) is 0 Å². The summed E-state index contributed by atoms with van der Waals surface area (Å²) in [6.07, 6.45) is 3.36. The summed E-state index contributed by atoms with van der Waals surface area (Å²) in [5, 5.41) is 3.52. The maximum Gasteiger partial charge on any atom is 0.0661 e. The van der Waals surface area contributed by atoms with Crippen LogP contribution < -0.4 is 5.32 Å². The average Bonchev–Trinajstić information content (AvgIpc) is 2.55. The quantitative estimate of drug-likeness (QED) is 0.797. The van der Waals surface area contributed by atoms with E-state index in [9.17, 15) is 0 Å². The number of rotatable bonds is 8. The molecule has 1 atom stereocenters. The first-order valence-electron chi connectivity index (χ1n) is 8.31. The second kappa shape index (κ2) is 9.19. The van der Waals surface area contributed by atoms with Crippen LogP contribution in [0.5, 0.6) is 0 Å². The van der Waals surface area contributed by atoms with E-state index >= 15 is 0 Å². The van der Waals surface area contributed by atoms with E-state index in [1.807, 2.05) is 0 Å². The Hall–Kier alpha value is -0.900. The van der Waals surface area contributed by atoms with Gasteiger partial charge in [-0.05, 0) is 42.9 Å². The average molecular weight is 291 g/mol. The van der Waals surface area contributed by atoms with Crippen LogP contribution in [0.25, 0.3) is 0 Å². The number of ether oxygens (including phenoxy) is 2. The molecule has 1 fully saturated rings. The Morgan fingerprint density at radius 3 is 2.52 bits per heavy atom. The third-order valence-electron chi connectivity index (χ3n) is 4.22. The van der Waals surface area contributed by atoms with E-state index in [2.05, 4.69) is 43.4 Å². The van der Waals surface area contributed by atoms with Gasteiger partial charge in [0.05, 0.1) is 12.6 Å². The van der Waals surface area contributed by atoms with E-state index in [1.165, 1.54) is 11.1 Å². The van der Waals surface area contributed by atoms with Gasteiger partial charge in [-0.15, -0.1) is 0 Å². The van der Waals surface area contributed by atoms with Crippen molar-refractivity contribution < 1.29 is 9.47 Å². The van der Waals surface area contributed by atoms with Crippen molar-refractivity contribution >= 4 is 0 Å². The van der Waals surface area contributed by atoms with Crippen molar-refractivity contribution in [1.29, 1.82) is 0 Å². The lowest BCUT2D eigenvalue weighted by Gasteiger charge is -2.24.